The van der Waals surface area contributed by atoms with E-state index in [0.717, 1.165) is 0 Å². The van der Waals surface area contributed by atoms with Crippen molar-refractivity contribution in [2.75, 3.05) is 0 Å². The van der Waals surface area contributed by atoms with E-state index in [1.807, 2.05) is 20.8 Å². The third-order valence-corrected chi connectivity index (χ3v) is 9.47. The molecule has 0 unspecified atom stereocenters. The number of ether oxygens (including phenoxy) is 3. The van der Waals surface area contributed by atoms with E-state index >= 15 is 0 Å². The number of rotatable bonds is 3. The Morgan fingerprint density at radius 2 is 1.37 bits per heavy atom. The van der Waals surface area contributed by atoms with Gasteiger partial charge in [0.2, 0.25) is 0 Å². The van der Waals surface area contributed by atoms with Crippen molar-refractivity contribution in [3.8, 4) is 0 Å². The highest BCUT2D eigenvalue weighted by Gasteiger charge is 2.78. The predicted molar refractivity (Wildman–Crippen MR) is 122 cm³/mol. The molecule has 4 aliphatic rings. The van der Waals surface area contributed by atoms with Gasteiger partial charge >= 0.3 is 17.9 Å². The van der Waals surface area contributed by atoms with Gasteiger partial charge in [0.1, 0.15) is 18.3 Å². The normalized spacial score (nSPS) is 47.8. The molecule has 9 nitrogen and oxygen atoms in total. The van der Waals surface area contributed by atoms with E-state index in [2.05, 4.69) is 6.58 Å². The third-order valence-electron chi connectivity index (χ3n) is 9.47. The summed E-state index contributed by atoms with van der Waals surface area (Å²) in [5.74, 6) is -3.11. The monoisotopic (exact) mass is 494 g/mol. The van der Waals surface area contributed by atoms with Crippen molar-refractivity contribution in [2.24, 2.45) is 34.0 Å². The lowest BCUT2D eigenvalue weighted by atomic mass is 9.38. The molecule has 1 spiro atoms. The van der Waals surface area contributed by atoms with Crippen LogP contribution in [-0.4, -0.2) is 69.9 Å². The Labute approximate surface area is 205 Å². The number of hydrogen-bond donors (Lipinski definition) is 3. The first-order valence-corrected chi connectivity index (χ1v) is 12.3. The Balaban J connectivity index is 1.99. The van der Waals surface area contributed by atoms with Gasteiger partial charge in [-0.15, -0.1) is 0 Å². The molecule has 0 amide bonds. The smallest absolute Gasteiger partial charge is 0.303 e. The van der Waals surface area contributed by atoms with Crippen LogP contribution in [0.3, 0.4) is 0 Å². The summed E-state index contributed by atoms with van der Waals surface area (Å²) in [6.07, 6.45) is -5.08. The molecular formula is C26H38O9. The summed E-state index contributed by atoms with van der Waals surface area (Å²) in [5, 5.41) is 34.4. The molecule has 3 N–H and O–H groups in total. The summed E-state index contributed by atoms with van der Waals surface area (Å²) in [6, 6.07) is 0. The number of carbonyl (C=O) groups excluding carboxylic acids is 3. The standard InChI is InChI=1S/C26H38O9/c1-11-15-8-16(30)19-25(7)10-17(31)22(34-13(3)28)24(5,6)20(25)18(33-12(2)27)23(35-14(4)29)26(19,9-15)21(11)32/h15-23,30-32H,1,8-10H2,2-7H3/t15-,16+,17+,18-,19+,20-,21-,22+,23+,25+,26+/m1/s1. The first kappa shape index (κ1) is 26.1. The molecule has 2 bridgehead atoms. The largest absolute Gasteiger partial charge is 0.459 e. The second-order valence-corrected chi connectivity index (χ2v) is 12.0. The topological polar surface area (TPSA) is 140 Å². The van der Waals surface area contributed by atoms with E-state index in [9.17, 15) is 29.7 Å². The fraction of sp³-hybridized carbons (Fsp3) is 0.808. The van der Waals surface area contributed by atoms with Crippen molar-refractivity contribution in [2.45, 2.75) is 97.4 Å². The third kappa shape index (κ3) is 3.56. The highest BCUT2D eigenvalue weighted by Crippen LogP contribution is 2.73. The van der Waals surface area contributed by atoms with Crippen molar-refractivity contribution >= 4 is 17.9 Å². The molecule has 4 saturated carbocycles. The molecule has 0 heterocycles. The van der Waals surface area contributed by atoms with E-state index in [1.54, 1.807) is 0 Å². The van der Waals surface area contributed by atoms with Crippen LogP contribution in [0.2, 0.25) is 0 Å². The van der Waals surface area contributed by atoms with Crippen LogP contribution in [0.15, 0.2) is 12.2 Å². The first-order valence-electron chi connectivity index (χ1n) is 12.3. The summed E-state index contributed by atoms with van der Waals surface area (Å²) in [6.45, 7) is 13.5. The maximum absolute atomic E-state index is 12.4. The Kier molecular flexibility index (Phi) is 6.18. The van der Waals surface area contributed by atoms with Gasteiger partial charge in [0.05, 0.1) is 18.3 Å². The molecule has 35 heavy (non-hydrogen) atoms. The van der Waals surface area contributed by atoms with E-state index in [-0.39, 0.29) is 12.3 Å². The fourth-order valence-electron chi connectivity index (χ4n) is 8.95. The van der Waals surface area contributed by atoms with Gasteiger partial charge in [-0.3, -0.25) is 14.4 Å². The van der Waals surface area contributed by atoms with Gasteiger partial charge in [0, 0.05) is 43.4 Å². The number of esters is 3. The molecule has 9 heteroatoms. The van der Waals surface area contributed by atoms with E-state index in [4.69, 9.17) is 14.2 Å². The second kappa shape index (κ2) is 8.28. The second-order valence-electron chi connectivity index (χ2n) is 12.0. The summed E-state index contributed by atoms with van der Waals surface area (Å²) in [4.78, 5) is 36.7. The molecule has 0 aromatic carbocycles. The van der Waals surface area contributed by atoms with Crippen molar-refractivity contribution in [1.82, 2.24) is 0 Å². The molecule has 196 valence electrons. The van der Waals surface area contributed by atoms with Crippen LogP contribution in [0.4, 0.5) is 0 Å². The lowest BCUT2D eigenvalue weighted by Gasteiger charge is -2.69. The molecule has 4 aliphatic carbocycles. The number of fused-ring (bicyclic) bond motifs is 3. The molecule has 0 aliphatic heterocycles. The maximum Gasteiger partial charge on any atom is 0.303 e. The zero-order valence-electron chi connectivity index (χ0n) is 21.3. The molecule has 0 aromatic rings. The Morgan fingerprint density at radius 1 is 0.829 bits per heavy atom. The SMILES string of the molecule is C=C1[C@@H]2C[C@H](O)[C@H]3[C@]4(C)C[C@H](O)[C@H](OC(C)=O)C(C)(C)[C@H]4[C@@H](OC(C)=O)[C@H](OC(C)=O)[C@]3(C2)[C@@H]1O. The lowest BCUT2D eigenvalue weighted by molar-refractivity contribution is -0.314. The van der Waals surface area contributed by atoms with Crippen LogP contribution in [0.5, 0.6) is 0 Å². The molecule has 4 fully saturated rings. The summed E-state index contributed by atoms with van der Waals surface area (Å²) in [5.41, 5.74) is -2.40. The lowest BCUT2D eigenvalue weighted by Crippen LogP contribution is -2.76. The van der Waals surface area contributed by atoms with Gasteiger partial charge in [-0.2, -0.15) is 0 Å². The van der Waals surface area contributed by atoms with Gasteiger partial charge in [-0.1, -0.05) is 27.4 Å². The van der Waals surface area contributed by atoms with Crippen LogP contribution in [-0.2, 0) is 28.6 Å². The minimum Gasteiger partial charge on any atom is -0.459 e. The summed E-state index contributed by atoms with van der Waals surface area (Å²) >= 11 is 0. The van der Waals surface area contributed by atoms with E-state index in [1.165, 1.54) is 20.8 Å². The van der Waals surface area contributed by atoms with Crippen LogP contribution in [0.25, 0.3) is 0 Å². The molecule has 0 saturated heterocycles. The molecule has 4 rings (SSSR count). The van der Waals surface area contributed by atoms with Crippen molar-refractivity contribution in [3.63, 3.8) is 0 Å². The van der Waals surface area contributed by atoms with E-state index < -0.39 is 82.6 Å². The van der Waals surface area contributed by atoms with Crippen LogP contribution in [0, 0.1) is 34.0 Å². The predicted octanol–water partition coefficient (Wildman–Crippen LogP) is 1.51. The van der Waals surface area contributed by atoms with Crippen LogP contribution >= 0.6 is 0 Å². The van der Waals surface area contributed by atoms with Crippen molar-refractivity contribution in [3.05, 3.63) is 12.2 Å². The summed E-state index contributed by atoms with van der Waals surface area (Å²) in [7, 11) is 0. The number of aliphatic hydroxyl groups is 3. The zero-order valence-corrected chi connectivity index (χ0v) is 21.3. The average Bonchev–Trinajstić information content (AvgIpc) is 2.88. The minimum atomic E-state index is -1.15. The van der Waals surface area contributed by atoms with Gasteiger partial charge in [0.25, 0.3) is 0 Å². The summed E-state index contributed by atoms with van der Waals surface area (Å²) < 4.78 is 17.4. The minimum absolute atomic E-state index is 0.136. The van der Waals surface area contributed by atoms with Gasteiger partial charge in [-0.05, 0) is 36.2 Å². The van der Waals surface area contributed by atoms with Gasteiger partial charge in [0.15, 0.2) is 0 Å². The van der Waals surface area contributed by atoms with Crippen LogP contribution in [0.1, 0.15) is 60.8 Å². The molecule has 11 atom stereocenters. The highest BCUT2D eigenvalue weighted by atomic mass is 16.6. The van der Waals surface area contributed by atoms with Crippen LogP contribution < -0.4 is 0 Å². The average molecular weight is 495 g/mol. The van der Waals surface area contributed by atoms with E-state index in [0.29, 0.717) is 18.4 Å². The highest BCUT2D eigenvalue weighted by molar-refractivity contribution is 5.68. The first-order chi connectivity index (χ1) is 16.1. The molecule has 0 radical (unpaired) electrons. The molecular weight excluding hydrogens is 456 g/mol. The van der Waals surface area contributed by atoms with Crippen molar-refractivity contribution in [1.29, 1.82) is 0 Å². The molecule has 0 aromatic heterocycles. The Bertz CT molecular complexity index is 943. The Hall–Kier alpha value is -1.97. The Morgan fingerprint density at radius 3 is 1.91 bits per heavy atom. The van der Waals surface area contributed by atoms with Gasteiger partial charge < -0.3 is 29.5 Å². The maximum atomic E-state index is 12.4. The fourth-order valence-corrected chi connectivity index (χ4v) is 8.95. The number of aliphatic hydroxyl groups excluding tert-OH is 3. The van der Waals surface area contributed by atoms with Crippen molar-refractivity contribution < 1.29 is 43.9 Å². The number of hydrogen-bond acceptors (Lipinski definition) is 9. The van der Waals surface area contributed by atoms with Gasteiger partial charge in [-0.25, -0.2) is 0 Å². The number of carbonyl (C=O) groups is 3. The quantitative estimate of drug-likeness (QED) is 0.303. The zero-order chi connectivity index (χ0) is 26.2.